The number of nitrogens with one attached hydrogen (secondary N) is 2. The molecule has 2 amide bonds. The summed E-state index contributed by atoms with van der Waals surface area (Å²) < 4.78 is 39.0. The molecule has 2 heterocycles. The fourth-order valence-corrected chi connectivity index (χ4v) is 2.46. The Balaban J connectivity index is 1.89. The molecule has 1 aliphatic heterocycles. The number of halogens is 4. The number of hydrogen-bond acceptors (Lipinski definition) is 4. The third-order valence-electron chi connectivity index (χ3n) is 3.55. The molecule has 0 radical (unpaired) electrons. The Morgan fingerprint density at radius 2 is 2.16 bits per heavy atom. The Hall–Kier alpha value is -2.62. The predicted molar refractivity (Wildman–Crippen MR) is 82.1 cm³/mol. The van der Waals surface area contributed by atoms with E-state index in [0.29, 0.717) is 10.7 Å². The van der Waals surface area contributed by atoms with Gasteiger partial charge in [0.2, 0.25) is 17.8 Å². The van der Waals surface area contributed by atoms with Crippen molar-refractivity contribution in [2.45, 2.75) is 25.6 Å². The second kappa shape index (κ2) is 6.03. The number of carbonyl (C=O) groups is 2. The molecule has 1 aliphatic rings. The van der Waals surface area contributed by atoms with Gasteiger partial charge < -0.3 is 5.32 Å². The molecule has 0 unspecified atom stereocenters. The Bertz CT molecular complexity index is 865. The topological polar surface area (TPSA) is 88.9 Å². The lowest BCUT2D eigenvalue weighted by atomic mass is 10.1. The average Bonchev–Trinajstić information content (AvgIpc) is 2.94. The molecule has 0 aliphatic carbocycles. The molecule has 0 bridgehead atoms. The van der Waals surface area contributed by atoms with Crippen LogP contribution in [0, 0.1) is 6.92 Å². The summed E-state index contributed by atoms with van der Waals surface area (Å²) in [5.41, 5.74) is 1.15. The average molecular weight is 374 g/mol. The van der Waals surface area contributed by atoms with E-state index in [1.54, 1.807) is 19.1 Å². The monoisotopic (exact) mass is 373 g/mol. The van der Waals surface area contributed by atoms with Crippen LogP contribution in [0.1, 0.15) is 23.9 Å². The zero-order chi connectivity index (χ0) is 18.4. The lowest BCUT2D eigenvalue weighted by Gasteiger charge is -2.22. The van der Waals surface area contributed by atoms with Crippen LogP contribution in [-0.2, 0) is 15.8 Å². The van der Waals surface area contributed by atoms with Crippen molar-refractivity contribution in [2.24, 2.45) is 0 Å². The van der Waals surface area contributed by atoms with Crippen molar-refractivity contribution < 1.29 is 22.8 Å². The zero-order valence-electron chi connectivity index (χ0n) is 12.7. The Morgan fingerprint density at radius 1 is 1.44 bits per heavy atom. The maximum Gasteiger partial charge on any atom is 0.453 e. The molecular weight excluding hydrogens is 363 g/mol. The fourth-order valence-electron chi connectivity index (χ4n) is 2.28. The molecule has 1 atom stereocenters. The van der Waals surface area contributed by atoms with Crippen LogP contribution in [-0.4, -0.2) is 26.6 Å². The second-order valence-corrected chi connectivity index (χ2v) is 5.83. The molecule has 3 rings (SSSR count). The number of amides is 2. The van der Waals surface area contributed by atoms with Gasteiger partial charge in [0.05, 0.1) is 6.42 Å². The maximum absolute atomic E-state index is 12.8. The van der Waals surface area contributed by atoms with Crippen LogP contribution >= 0.6 is 11.6 Å². The minimum Gasteiger partial charge on any atom is -0.324 e. The van der Waals surface area contributed by atoms with Gasteiger partial charge in [0.25, 0.3) is 5.82 Å². The summed E-state index contributed by atoms with van der Waals surface area (Å²) in [4.78, 5) is 27.3. The summed E-state index contributed by atoms with van der Waals surface area (Å²) in [6.07, 6.45) is -5.15. The number of alkyl halides is 3. The quantitative estimate of drug-likeness (QED) is 0.847. The summed E-state index contributed by atoms with van der Waals surface area (Å²) >= 11 is 5.97. The first kappa shape index (κ1) is 17.2. The van der Waals surface area contributed by atoms with Crippen LogP contribution < -0.4 is 10.6 Å². The largest absolute Gasteiger partial charge is 0.453 e. The minimum atomic E-state index is -4.79. The highest BCUT2D eigenvalue weighted by molar-refractivity contribution is 6.31. The predicted octanol–water partition coefficient (Wildman–Crippen LogP) is 2.78. The van der Waals surface area contributed by atoms with E-state index in [-0.39, 0.29) is 6.42 Å². The lowest BCUT2D eigenvalue weighted by molar-refractivity contribution is -0.145. The van der Waals surface area contributed by atoms with Gasteiger partial charge in [-0.3, -0.25) is 14.9 Å². The number of aryl methyl sites for hydroxylation is 1. The first-order valence-corrected chi connectivity index (χ1v) is 7.43. The standard InChI is InChI=1S/C14H11ClF3N5O2/c1-6-2-3-7(4-8(6)15)19-11(25)9-5-10(24)20-13-21-12(14(16,17)18)22-23(9)13/h2-4,9H,5H2,1H3,(H,19,25)(H,20,21,22,24)/t9-/m1/s1. The van der Waals surface area contributed by atoms with Crippen LogP contribution in [0.5, 0.6) is 0 Å². The van der Waals surface area contributed by atoms with Crippen molar-refractivity contribution in [3.63, 3.8) is 0 Å². The molecule has 7 nitrogen and oxygen atoms in total. The molecular formula is C14H11ClF3N5O2. The third kappa shape index (κ3) is 3.43. The van der Waals surface area contributed by atoms with E-state index in [0.717, 1.165) is 10.2 Å². The minimum absolute atomic E-state index is 0.351. The SMILES string of the molecule is Cc1ccc(NC(=O)[C@H]2CC(=O)Nc3nc(C(F)(F)F)nn32)cc1Cl. The second-order valence-electron chi connectivity index (χ2n) is 5.42. The van der Waals surface area contributed by atoms with E-state index in [9.17, 15) is 22.8 Å². The number of carbonyl (C=O) groups excluding carboxylic acids is 2. The van der Waals surface area contributed by atoms with E-state index in [2.05, 4.69) is 20.7 Å². The molecule has 25 heavy (non-hydrogen) atoms. The van der Waals surface area contributed by atoms with Crippen LogP contribution in [0.4, 0.5) is 24.8 Å². The zero-order valence-corrected chi connectivity index (χ0v) is 13.4. The summed E-state index contributed by atoms with van der Waals surface area (Å²) in [5, 5.41) is 8.41. The first-order chi connectivity index (χ1) is 11.6. The van der Waals surface area contributed by atoms with Gasteiger partial charge in [-0.05, 0) is 24.6 Å². The molecule has 0 saturated carbocycles. The number of hydrogen-bond donors (Lipinski definition) is 2. The van der Waals surface area contributed by atoms with E-state index < -0.39 is 35.8 Å². The number of aromatic nitrogens is 3. The molecule has 0 saturated heterocycles. The molecule has 2 aromatic rings. The third-order valence-corrected chi connectivity index (χ3v) is 3.96. The summed E-state index contributed by atoms with van der Waals surface area (Å²) in [7, 11) is 0. The number of nitrogens with zero attached hydrogens (tertiary/aromatic N) is 3. The van der Waals surface area contributed by atoms with Gasteiger partial charge in [0.15, 0.2) is 0 Å². The van der Waals surface area contributed by atoms with Crippen LogP contribution in [0.25, 0.3) is 0 Å². The fraction of sp³-hybridized carbons (Fsp3) is 0.286. The number of benzene rings is 1. The van der Waals surface area contributed by atoms with E-state index in [1.165, 1.54) is 6.07 Å². The molecule has 2 N–H and O–H groups in total. The number of anilines is 2. The summed E-state index contributed by atoms with van der Waals surface area (Å²) in [6, 6.07) is 3.51. The molecule has 132 valence electrons. The van der Waals surface area contributed by atoms with E-state index in [1.807, 2.05) is 0 Å². The molecule has 0 fully saturated rings. The smallest absolute Gasteiger partial charge is 0.324 e. The van der Waals surface area contributed by atoms with Gasteiger partial charge in [-0.2, -0.15) is 18.2 Å². The molecule has 1 aromatic heterocycles. The van der Waals surface area contributed by atoms with Gasteiger partial charge in [0.1, 0.15) is 6.04 Å². The summed E-state index contributed by atoms with van der Waals surface area (Å²) in [5.74, 6) is -3.18. The first-order valence-electron chi connectivity index (χ1n) is 7.06. The van der Waals surface area contributed by atoms with Crippen LogP contribution in [0.2, 0.25) is 5.02 Å². The normalized spacial score (nSPS) is 17.0. The Morgan fingerprint density at radius 3 is 2.80 bits per heavy atom. The molecule has 1 aromatic carbocycles. The lowest BCUT2D eigenvalue weighted by Crippen LogP contribution is -2.36. The highest BCUT2D eigenvalue weighted by Gasteiger charge is 2.41. The molecule has 0 spiro atoms. The maximum atomic E-state index is 12.8. The highest BCUT2D eigenvalue weighted by atomic mass is 35.5. The van der Waals surface area contributed by atoms with E-state index >= 15 is 0 Å². The Kier molecular flexibility index (Phi) is 4.15. The van der Waals surface area contributed by atoms with Gasteiger partial charge in [-0.15, -0.1) is 5.10 Å². The number of rotatable bonds is 2. The highest BCUT2D eigenvalue weighted by Crippen LogP contribution is 2.31. The van der Waals surface area contributed by atoms with Crippen LogP contribution in [0.3, 0.4) is 0 Å². The van der Waals surface area contributed by atoms with Gasteiger partial charge in [-0.25, -0.2) is 4.68 Å². The van der Waals surface area contributed by atoms with Crippen molar-refractivity contribution >= 4 is 35.1 Å². The van der Waals surface area contributed by atoms with Gasteiger partial charge in [-0.1, -0.05) is 17.7 Å². The van der Waals surface area contributed by atoms with Gasteiger partial charge >= 0.3 is 6.18 Å². The Labute approximate surface area is 144 Å². The van der Waals surface area contributed by atoms with Crippen molar-refractivity contribution in [2.75, 3.05) is 10.6 Å². The van der Waals surface area contributed by atoms with E-state index in [4.69, 9.17) is 11.6 Å². The molecule has 11 heteroatoms. The van der Waals surface area contributed by atoms with Crippen molar-refractivity contribution in [1.29, 1.82) is 0 Å². The number of fused-ring (bicyclic) bond motifs is 1. The van der Waals surface area contributed by atoms with Crippen molar-refractivity contribution in [3.8, 4) is 0 Å². The van der Waals surface area contributed by atoms with Crippen molar-refractivity contribution in [3.05, 3.63) is 34.6 Å². The summed E-state index contributed by atoms with van der Waals surface area (Å²) in [6.45, 7) is 1.78. The van der Waals surface area contributed by atoms with Crippen molar-refractivity contribution in [1.82, 2.24) is 14.8 Å². The van der Waals surface area contributed by atoms with Crippen LogP contribution in [0.15, 0.2) is 18.2 Å². The van der Waals surface area contributed by atoms with Gasteiger partial charge in [0, 0.05) is 10.7 Å².